The Morgan fingerprint density at radius 1 is 0.929 bits per heavy atom. The molecule has 1 saturated heterocycles. The molecule has 4 heteroatoms. The van der Waals surface area contributed by atoms with Gasteiger partial charge in [-0.25, -0.2) is 0 Å². The van der Waals surface area contributed by atoms with Crippen LogP contribution in [-0.2, 0) is 24.1 Å². The fourth-order valence-corrected chi connectivity index (χ4v) is 4.74. The van der Waals surface area contributed by atoms with Gasteiger partial charge >= 0.3 is 0 Å². The van der Waals surface area contributed by atoms with Crippen LogP contribution in [0.3, 0.4) is 0 Å². The second-order valence-corrected chi connectivity index (χ2v) is 8.07. The Balaban J connectivity index is 1.48. The van der Waals surface area contributed by atoms with Crippen LogP contribution in [0.15, 0.2) is 54.6 Å². The second kappa shape index (κ2) is 8.46. The number of hydrogen-bond acceptors (Lipinski definition) is 3. The van der Waals surface area contributed by atoms with E-state index in [0.717, 1.165) is 52.0 Å². The molecular weight excluding hydrogens is 346 g/mol. The van der Waals surface area contributed by atoms with Gasteiger partial charge in [0, 0.05) is 45.6 Å². The number of nitrogens with zero attached hydrogens (tertiary/aromatic N) is 2. The van der Waals surface area contributed by atoms with Gasteiger partial charge in [-0.3, -0.25) is 9.69 Å². The molecule has 1 amide bonds. The number of carbonyl (C=O) groups excluding carboxylic acids is 1. The molecule has 1 fully saturated rings. The van der Waals surface area contributed by atoms with E-state index in [1.54, 1.807) is 0 Å². The van der Waals surface area contributed by atoms with Crippen molar-refractivity contribution in [1.29, 1.82) is 0 Å². The van der Waals surface area contributed by atoms with Gasteiger partial charge in [0.05, 0.1) is 0 Å². The summed E-state index contributed by atoms with van der Waals surface area (Å²) in [5, 5.41) is 3.28. The molecule has 0 saturated carbocycles. The van der Waals surface area contributed by atoms with E-state index >= 15 is 0 Å². The molecule has 1 heterocycles. The van der Waals surface area contributed by atoms with Gasteiger partial charge in [-0.15, -0.1) is 0 Å². The molecule has 0 unspecified atom stereocenters. The van der Waals surface area contributed by atoms with Crippen molar-refractivity contribution in [2.24, 2.45) is 0 Å². The Kier molecular flexibility index (Phi) is 5.79. The first-order chi connectivity index (χ1) is 13.7. The van der Waals surface area contributed by atoms with Gasteiger partial charge in [0.1, 0.15) is 5.54 Å². The van der Waals surface area contributed by atoms with Crippen molar-refractivity contribution in [3.63, 3.8) is 0 Å². The Morgan fingerprint density at radius 2 is 1.54 bits per heavy atom. The molecule has 0 atom stereocenters. The van der Waals surface area contributed by atoms with Gasteiger partial charge in [0.2, 0.25) is 5.91 Å². The smallest absolute Gasteiger partial charge is 0.241 e. The van der Waals surface area contributed by atoms with Crippen molar-refractivity contribution in [2.75, 3.05) is 39.3 Å². The minimum Gasteiger partial charge on any atom is -0.354 e. The maximum atomic E-state index is 13.5. The first-order valence-corrected chi connectivity index (χ1v) is 10.6. The fourth-order valence-electron chi connectivity index (χ4n) is 4.74. The highest BCUT2D eigenvalue weighted by molar-refractivity contribution is 5.88. The number of carbonyl (C=O) groups is 1. The van der Waals surface area contributed by atoms with E-state index in [-0.39, 0.29) is 5.91 Å². The number of hydrogen-bond donors (Lipinski definition) is 1. The van der Waals surface area contributed by atoms with E-state index in [4.69, 9.17) is 0 Å². The topological polar surface area (TPSA) is 35.6 Å². The van der Waals surface area contributed by atoms with Crippen LogP contribution in [0.1, 0.15) is 23.6 Å². The highest BCUT2D eigenvalue weighted by Crippen LogP contribution is 2.35. The molecule has 1 aliphatic heterocycles. The summed E-state index contributed by atoms with van der Waals surface area (Å²) in [7, 11) is 0. The molecule has 0 aromatic heterocycles. The molecule has 1 N–H and O–H groups in total. The van der Waals surface area contributed by atoms with Gasteiger partial charge in [-0.2, -0.15) is 0 Å². The minimum atomic E-state index is -0.430. The first kappa shape index (κ1) is 19.2. The minimum absolute atomic E-state index is 0.199. The predicted molar refractivity (Wildman–Crippen MR) is 113 cm³/mol. The summed E-state index contributed by atoms with van der Waals surface area (Å²) in [6.07, 6.45) is 2.53. The van der Waals surface area contributed by atoms with Crippen molar-refractivity contribution in [2.45, 2.75) is 31.7 Å². The van der Waals surface area contributed by atoms with Crippen molar-refractivity contribution >= 4 is 5.91 Å². The maximum Gasteiger partial charge on any atom is 0.241 e. The number of piperazine rings is 1. The Bertz CT molecular complexity index is 772. The molecule has 0 spiro atoms. The molecule has 0 bridgehead atoms. The summed E-state index contributed by atoms with van der Waals surface area (Å²) in [6.45, 7) is 8.02. The summed E-state index contributed by atoms with van der Waals surface area (Å²) < 4.78 is 0. The molecule has 2 aliphatic rings. The molecule has 0 radical (unpaired) electrons. The van der Waals surface area contributed by atoms with Crippen LogP contribution >= 0.6 is 0 Å². The molecule has 4 rings (SSSR count). The fraction of sp³-hybridized carbons (Fsp3) is 0.458. The number of rotatable bonds is 6. The number of fused-ring (bicyclic) bond motifs is 1. The molecule has 2 aromatic rings. The normalized spacial score (nSPS) is 19.3. The highest BCUT2D eigenvalue weighted by Gasteiger charge is 2.48. The third-order valence-electron chi connectivity index (χ3n) is 6.47. The zero-order valence-corrected chi connectivity index (χ0v) is 16.9. The third-order valence-corrected chi connectivity index (χ3v) is 6.47. The SMILES string of the molecule is CCN1CCN(C2(C(=O)NCCc3ccccc3)Cc3ccccc3C2)CC1. The van der Waals surface area contributed by atoms with E-state index in [2.05, 4.69) is 70.6 Å². The first-order valence-electron chi connectivity index (χ1n) is 10.6. The number of likely N-dealkylation sites (N-methyl/N-ethyl adjacent to an activating group) is 1. The monoisotopic (exact) mass is 377 g/mol. The summed E-state index contributed by atoms with van der Waals surface area (Å²) in [5.74, 6) is 0.199. The molecule has 2 aromatic carbocycles. The lowest BCUT2D eigenvalue weighted by atomic mass is 9.90. The predicted octanol–water partition coefficient (Wildman–Crippen LogP) is 2.52. The van der Waals surface area contributed by atoms with Crippen LogP contribution in [0.25, 0.3) is 0 Å². The standard InChI is InChI=1S/C24H31N3O/c1-2-26-14-16-27(17-15-26)24(18-21-10-6-7-11-22(21)19-24)23(28)25-13-12-20-8-4-3-5-9-20/h3-11H,2,12-19H2,1H3,(H,25,28). The van der Waals surface area contributed by atoms with E-state index < -0.39 is 5.54 Å². The molecule has 148 valence electrons. The number of nitrogens with one attached hydrogen (secondary N) is 1. The van der Waals surface area contributed by atoms with Crippen LogP contribution in [0.5, 0.6) is 0 Å². The Hall–Kier alpha value is -2.17. The van der Waals surface area contributed by atoms with Crippen molar-refractivity contribution in [1.82, 2.24) is 15.1 Å². The molecular formula is C24H31N3O. The Labute approximate surface area is 168 Å². The quantitative estimate of drug-likeness (QED) is 0.840. The van der Waals surface area contributed by atoms with Gasteiger partial charge in [-0.1, -0.05) is 61.5 Å². The summed E-state index contributed by atoms with van der Waals surface area (Å²) in [4.78, 5) is 18.4. The van der Waals surface area contributed by atoms with Gasteiger partial charge in [0.15, 0.2) is 0 Å². The van der Waals surface area contributed by atoms with E-state index in [0.29, 0.717) is 6.54 Å². The Morgan fingerprint density at radius 3 is 2.14 bits per heavy atom. The third kappa shape index (κ3) is 3.85. The van der Waals surface area contributed by atoms with Crippen molar-refractivity contribution in [3.05, 3.63) is 71.3 Å². The lowest BCUT2D eigenvalue weighted by molar-refractivity contribution is -0.134. The van der Waals surface area contributed by atoms with Crippen LogP contribution in [0.2, 0.25) is 0 Å². The average Bonchev–Trinajstić information content (AvgIpc) is 3.15. The van der Waals surface area contributed by atoms with Crippen LogP contribution in [0.4, 0.5) is 0 Å². The van der Waals surface area contributed by atoms with Crippen LogP contribution < -0.4 is 5.32 Å². The number of amides is 1. The maximum absolute atomic E-state index is 13.5. The second-order valence-electron chi connectivity index (χ2n) is 8.07. The zero-order valence-electron chi connectivity index (χ0n) is 16.9. The van der Waals surface area contributed by atoms with E-state index in [1.807, 2.05) is 6.07 Å². The summed E-state index contributed by atoms with van der Waals surface area (Å²) >= 11 is 0. The lowest BCUT2D eigenvalue weighted by Crippen LogP contribution is -2.64. The van der Waals surface area contributed by atoms with Gasteiger partial charge < -0.3 is 10.2 Å². The zero-order chi connectivity index (χ0) is 19.4. The van der Waals surface area contributed by atoms with Crippen LogP contribution in [0, 0.1) is 0 Å². The largest absolute Gasteiger partial charge is 0.354 e. The summed E-state index contributed by atoms with van der Waals surface area (Å²) in [5.41, 5.74) is 3.50. The summed E-state index contributed by atoms with van der Waals surface area (Å²) in [6, 6.07) is 19.0. The molecule has 1 aliphatic carbocycles. The van der Waals surface area contributed by atoms with Gasteiger partial charge in [-0.05, 0) is 29.7 Å². The van der Waals surface area contributed by atoms with Crippen molar-refractivity contribution < 1.29 is 4.79 Å². The lowest BCUT2D eigenvalue weighted by Gasteiger charge is -2.44. The van der Waals surface area contributed by atoms with Crippen LogP contribution in [-0.4, -0.2) is 60.5 Å². The molecule has 28 heavy (non-hydrogen) atoms. The van der Waals surface area contributed by atoms with E-state index in [9.17, 15) is 4.79 Å². The van der Waals surface area contributed by atoms with Gasteiger partial charge in [0.25, 0.3) is 0 Å². The molecule has 4 nitrogen and oxygen atoms in total. The average molecular weight is 378 g/mol. The highest BCUT2D eigenvalue weighted by atomic mass is 16.2. The van der Waals surface area contributed by atoms with E-state index in [1.165, 1.54) is 16.7 Å². The number of benzene rings is 2. The van der Waals surface area contributed by atoms with Crippen molar-refractivity contribution in [3.8, 4) is 0 Å².